The summed E-state index contributed by atoms with van der Waals surface area (Å²) in [7, 11) is 0. The van der Waals surface area contributed by atoms with Crippen LogP contribution in [0.2, 0.25) is 0 Å². The average Bonchev–Trinajstić information content (AvgIpc) is 2.42. The molecule has 2 rings (SSSR count). The van der Waals surface area contributed by atoms with Gasteiger partial charge in [-0.2, -0.15) is 0 Å². The van der Waals surface area contributed by atoms with Gasteiger partial charge in [0.25, 0.3) is 0 Å². The zero-order valence-corrected chi connectivity index (χ0v) is 12.9. The van der Waals surface area contributed by atoms with E-state index in [0.717, 1.165) is 11.1 Å². The number of carbonyl (C=O) groups excluding carboxylic acids is 1. The Morgan fingerprint density at radius 1 is 1.33 bits per heavy atom. The van der Waals surface area contributed by atoms with Gasteiger partial charge in [-0.25, -0.2) is 4.39 Å². The molecule has 0 atom stereocenters. The summed E-state index contributed by atoms with van der Waals surface area (Å²) in [5, 5.41) is 0. The number of aryl methyl sites for hydroxylation is 1. The first-order chi connectivity index (χ1) is 9.88. The number of anilines is 1. The monoisotopic (exact) mass is 352 g/mol. The summed E-state index contributed by atoms with van der Waals surface area (Å²) in [6, 6.07) is 7.74. The molecule has 0 saturated heterocycles. The lowest BCUT2D eigenvalue weighted by Gasteiger charge is -2.12. The van der Waals surface area contributed by atoms with Gasteiger partial charge in [0.15, 0.2) is 0 Å². The molecule has 0 saturated carbocycles. The molecule has 0 bridgehead atoms. The predicted molar refractivity (Wildman–Crippen MR) is 82.5 cm³/mol. The molecule has 0 radical (unpaired) electrons. The van der Waals surface area contributed by atoms with E-state index in [4.69, 9.17) is 16.2 Å². The molecule has 1 amide bonds. The first kappa shape index (κ1) is 15.3. The zero-order valence-electron chi connectivity index (χ0n) is 11.3. The number of primary amides is 1. The minimum Gasteiger partial charge on any atom is -0.487 e. The number of nitrogens with two attached hydrogens (primary N) is 2. The maximum atomic E-state index is 13.5. The molecule has 4 N–H and O–H groups in total. The van der Waals surface area contributed by atoms with Crippen molar-refractivity contribution in [1.29, 1.82) is 0 Å². The van der Waals surface area contributed by atoms with Crippen molar-refractivity contribution in [1.82, 2.24) is 0 Å². The highest BCUT2D eigenvalue weighted by atomic mass is 79.9. The zero-order chi connectivity index (χ0) is 15.6. The lowest BCUT2D eigenvalue weighted by molar-refractivity contribution is 0.1000. The molecule has 0 aliphatic rings. The van der Waals surface area contributed by atoms with Crippen molar-refractivity contribution < 1.29 is 13.9 Å². The van der Waals surface area contributed by atoms with Gasteiger partial charge < -0.3 is 16.2 Å². The van der Waals surface area contributed by atoms with Gasteiger partial charge in [0.1, 0.15) is 18.2 Å². The van der Waals surface area contributed by atoms with E-state index in [1.807, 2.05) is 6.92 Å². The van der Waals surface area contributed by atoms with Crippen LogP contribution in [0, 0.1) is 12.7 Å². The third-order valence-electron chi connectivity index (χ3n) is 3.06. The molecular weight excluding hydrogens is 339 g/mol. The van der Waals surface area contributed by atoms with Gasteiger partial charge in [-0.3, -0.25) is 4.79 Å². The molecule has 0 aliphatic carbocycles. The SMILES string of the molecule is Cc1cc(C(N)=O)ccc1COc1cc(F)c(Br)cc1N. The van der Waals surface area contributed by atoms with Crippen LogP contribution in [0.4, 0.5) is 10.1 Å². The number of amides is 1. The van der Waals surface area contributed by atoms with Crippen LogP contribution in [-0.4, -0.2) is 5.91 Å². The van der Waals surface area contributed by atoms with Crippen LogP contribution in [0.25, 0.3) is 0 Å². The lowest BCUT2D eigenvalue weighted by atomic mass is 10.1. The Hall–Kier alpha value is -2.08. The molecule has 2 aromatic carbocycles. The molecule has 0 unspecified atom stereocenters. The average molecular weight is 353 g/mol. The molecule has 110 valence electrons. The van der Waals surface area contributed by atoms with Crippen molar-refractivity contribution >= 4 is 27.5 Å². The van der Waals surface area contributed by atoms with Crippen molar-refractivity contribution in [2.45, 2.75) is 13.5 Å². The number of halogens is 2. The summed E-state index contributed by atoms with van der Waals surface area (Å²) < 4.78 is 19.3. The Bertz CT molecular complexity index is 704. The van der Waals surface area contributed by atoms with Crippen LogP contribution >= 0.6 is 15.9 Å². The Morgan fingerprint density at radius 3 is 2.67 bits per heavy atom. The van der Waals surface area contributed by atoms with Crippen molar-refractivity contribution in [3.63, 3.8) is 0 Å². The fourth-order valence-electron chi connectivity index (χ4n) is 1.84. The second-order valence-corrected chi connectivity index (χ2v) is 5.45. The largest absolute Gasteiger partial charge is 0.487 e. The third kappa shape index (κ3) is 3.52. The highest BCUT2D eigenvalue weighted by Gasteiger charge is 2.09. The van der Waals surface area contributed by atoms with Crippen LogP contribution < -0.4 is 16.2 Å². The number of ether oxygens (including phenoxy) is 1. The minimum atomic E-state index is -0.482. The molecule has 0 fully saturated rings. The number of benzene rings is 2. The Morgan fingerprint density at radius 2 is 2.05 bits per heavy atom. The summed E-state index contributed by atoms with van der Waals surface area (Å²) >= 11 is 3.05. The fraction of sp³-hybridized carbons (Fsp3) is 0.133. The number of carbonyl (C=O) groups is 1. The Balaban J connectivity index is 2.17. The first-order valence-corrected chi connectivity index (χ1v) is 6.94. The van der Waals surface area contributed by atoms with E-state index in [-0.39, 0.29) is 16.8 Å². The molecule has 0 heterocycles. The summed E-state index contributed by atoms with van der Waals surface area (Å²) in [5.74, 6) is -0.654. The van der Waals surface area contributed by atoms with Gasteiger partial charge in [-0.05, 0) is 52.2 Å². The van der Waals surface area contributed by atoms with Crippen LogP contribution in [0.5, 0.6) is 5.75 Å². The number of hydrogen-bond donors (Lipinski definition) is 2. The summed E-state index contributed by atoms with van der Waals surface area (Å²) in [5.41, 5.74) is 13.5. The summed E-state index contributed by atoms with van der Waals surface area (Å²) in [4.78, 5) is 11.1. The Labute approximate surface area is 130 Å². The number of hydrogen-bond acceptors (Lipinski definition) is 3. The Kier molecular flexibility index (Phi) is 4.47. The van der Waals surface area contributed by atoms with Crippen LogP contribution in [-0.2, 0) is 6.61 Å². The van der Waals surface area contributed by atoms with Crippen molar-refractivity contribution in [2.75, 3.05) is 5.73 Å². The normalized spacial score (nSPS) is 10.4. The molecule has 21 heavy (non-hydrogen) atoms. The molecule has 0 spiro atoms. The van der Waals surface area contributed by atoms with Crippen molar-refractivity contribution in [2.24, 2.45) is 5.73 Å². The predicted octanol–water partition coefficient (Wildman–Crippen LogP) is 3.16. The van der Waals surface area contributed by atoms with E-state index >= 15 is 0 Å². The summed E-state index contributed by atoms with van der Waals surface area (Å²) in [6.07, 6.45) is 0. The van der Waals surface area contributed by atoms with Crippen LogP contribution in [0.1, 0.15) is 21.5 Å². The van der Waals surface area contributed by atoms with Crippen LogP contribution in [0.15, 0.2) is 34.8 Å². The highest BCUT2D eigenvalue weighted by Crippen LogP contribution is 2.29. The summed E-state index contributed by atoms with van der Waals surface area (Å²) in [6.45, 7) is 2.06. The van der Waals surface area contributed by atoms with Crippen LogP contribution in [0.3, 0.4) is 0 Å². The highest BCUT2D eigenvalue weighted by molar-refractivity contribution is 9.10. The van der Waals surface area contributed by atoms with E-state index < -0.39 is 11.7 Å². The van der Waals surface area contributed by atoms with E-state index in [1.54, 1.807) is 18.2 Å². The molecular formula is C15H14BrFN2O2. The van der Waals surface area contributed by atoms with Gasteiger partial charge in [0.2, 0.25) is 5.91 Å². The second-order valence-electron chi connectivity index (χ2n) is 4.60. The van der Waals surface area contributed by atoms with Gasteiger partial charge >= 0.3 is 0 Å². The standard InChI is InChI=1S/C15H14BrFN2O2/c1-8-4-9(15(19)20)2-3-10(8)7-21-14-6-12(17)11(16)5-13(14)18/h2-6H,7,18H2,1H3,(H2,19,20). The quantitative estimate of drug-likeness (QED) is 0.829. The van der Waals surface area contributed by atoms with Gasteiger partial charge in [0, 0.05) is 11.6 Å². The second kappa shape index (κ2) is 6.13. The molecule has 6 heteroatoms. The minimum absolute atomic E-state index is 0.218. The number of rotatable bonds is 4. The van der Waals surface area contributed by atoms with Crippen molar-refractivity contribution in [3.05, 3.63) is 57.3 Å². The maximum Gasteiger partial charge on any atom is 0.248 e. The first-order valence-electron chi connectivity index (χ1n) is 6.15. The van der Waals surface area contributed by atoms with E-state index in [0.29, 0.717) is 11.3 Å². The van der Waals surface area contributed by atoms with Gasteiger partial charge in [-0.15, -0.1) is 0 Å². The third-order valence-corrected chi connectivity index (χ3v) is 3.67. The molecule has 4 nitrogen and oxygen atoms in total. The topological polar surface area (TPSA) is 78.3 Å². The fourth-order valence-corrected chi connectivity index (χ4v) is 2.20. The molecule has 0 aliphatic heterocycles. The lowest BCUT2D eigenvalue weighted by Crippen LogP contribution is -2.11. The van der Waals surface area contributed by atoms with E-state index in [2.05, 4.69) is 15.9 Å². The molecule has 2 aromatic rings. The number of nitrogen functional groups attached to an aromatic ring is 1. The van der Waals surface area contributed by atoms with Gasteiger partial charge in [0.05, 0.1) is 10.2 Å². The van der Waals surface area contributed by atoms with E-state index in [1.165, 1.54) is 12.1 Å². The van der Waals surface area contributed by atoms with E-state index in [9.17, 15) is 9.18 Å². The van der Waals surface area contributed by atoms with Gasteiger partial charge in [-0.1, -0.05) is 6.07 Å². The molecule has 0 aromatic heterocycles. The van der Waals surface area contributed by atoms with Crippen molar-refractivity contribution in [3.8, 4) is 5.75 Å². The smallest absolute Gasteiger partial charge is 0.248 e. The maximum absolute atomic E-state index is 13.5.